The molecule has 12 aromatic carbocycles. The molecule has 0 amide bonds. The van der Waals surface area contributed by atoms with Crippen LogP contribution in [0, 0.1) is 0 Å². The van der Waals surface area contributed by atoms with Crippen molar-refractivity contribution in [2.24, 2.45) is 0 Å². The summed E-state index contributed by atoms with van der Waals surface area (Å²) in [6.07, 6.45) is 0. The van der Waals surface area contributed by atoms with E-state index in [1.807, 2.05) is 48.5 Å². The summed E-state index contributed by atoms with van der Waals surface area (Å²) in [5.41, 5.74) is 8.82. The van der Waals surface area contributed by atoms with E-state index in [9.17, 15) is 0 Å². The van der Waals surface area contributed by atoms with Gasteiger partial charge in [-0.2, -0.15) is 0 Å². The van der Waals surface area contributed by atoms with Crippen molar-refractivity contribution in [1.82, 2.24) is 15.0 Å². The fraction of sp³-hybridized carbons (Fsp3) is 0. The lowest BCUT2D eigenvalue weighted by molar-refractivity contribution is 0.631. The molecular formula is C63H37N3O. The molecule has 0 aliphatic heterocycles. The fourth-order valence-corrected chi connectivity index (χ4v) is 10.7. The van der Waals surface area contributed by atoms with Crippen LogP contribution < -0.4 is 0 Å². The molecule has 0 fully saturated rings. The van der Waals surface area contributed by atoms with Crippen molar-refractivity contribution < 1.29 is 4.42 Å². The summed E-state index contributed by atoms with van der Waals surface area (Å²) in [5.74, 6) is 2.52. The zero-order valence-electron chi connectivity index (χ0n) is 36.1. The first-order valence-electron chi connectivity index (χ1n) is 22.8. The van der Waals surface area contributed by atoms with Gasteiger partial charge in [-0.15, -0.1) is 0 Å². The molecule has 0 aliphatic carbocycles. The predicted molar refractivity (Wildman–Crippen MR) is 278 cm³/mol. The Kier molecular flexibility index (Phi) is 8.25. The standard InChI is InChI=1S/C63H37N3O/c1-2-15-41(16-3-1)61-64-62(66-63(65-61)53-26-10-8-24-48(53)56-37-42-17-4-11-30-55(42)67-56)52-25-9-7-23-47(52)46-22-6-5-21-45(46)44-35-43-34-33-40-19-13-28-50-49-27-12-18-38-31-32-39-20-14-29-51(59(39)57(38)49)54(36-44)60(43)58(40)50/h1-37H. The predicted octanol–water partition coefficient (Wildman–Crippen LogP) is 17.0. The van der Waals surface area contributed by atoms with E-state index in [2.05, 4.69) is 176 Å². The number of para-hydroxylation sites is 1. The molecule has 67 heavy (non-hydrogen) atoms. The van der Waals surface area contributed by atoms with Crippen LogP contribution in [-0.4, -0.2) is 15.0 Å². The minimum Gasteiger partial charge on any atom is -0.456 e. The van der Waals surface area contributed by atoms with Crippen LogP contribution in [0.2, 0.25) is 0 Å². The Balaban J connectivity index is 1.01. The number of hydrogen-bond donors (Lipinski definition) is 0. The average molecular weight is 852 g/mol. The molecule has 14 aromatic rings. The maximum absolute atomic E-state index is 6.43. The van der Waals surface area contributed by atoms with E-state index in [4.69, 9.17) is 19.4 Å². The van der Waals surface area contributed by atoms with Gasteiger partial charge in [0.15, 0.2) is 17.5 Å². The molecule has 0 N–H and O–H groups in total. The van der Waals surface area contributed by atoms with Crippen molar-refractivity contribution in [2.75, 3.05) is 0 Å². The third-order valence-electron chi connectivity index (χ3n) is 13.6. The summed E-state index contributed by atoms with van der Waals surface area (Å²) in [6.45, 7) is 0. The number of aromatic nitrogens is 3. The lowest BCUT2D eigenvalue weighted by atomic mass is 9.85. The Labute approximate surface area is 385 Å². The second kappa shape index (κ2) is 14.8. The van der Waals surface area contributed by atoms with Crippen LogP contribution in [0.25, 0.3) is 143 Å². The van der Waals surface area contributed by atoms with Crippen molar-refractivity contribution in [3.05, 3.63) is 224 Å². The molecule has 0 radical (unpaired) electrons. The van der Waals surface area contributed by atoms with Gasteiger partial charge in [0.1, 0.15) is 11.3 Å². The van der Waals surface area contributed by atoms with E-state index in [0.29, 0.717) is 17.5 Å². The smallest absolute Gasteiger partial charge is 0.164 e. The van der Waals surface area contributed by atoms with Gasteiger partial charge in [0, 0.05) is 27.6 Å². The molecule has 4 nitrogen and oxygen atoms in total. The molecule has 0 spiro atoms. The third kappa shape index (κ3) is 5.90. The van der Waals surface area contributed by atoms with E-state index >= 15 is 0 Å². The summed E-state index contributed by atoms with van der Waals surface area (Å²) in [4.78, 5) is 15.8. The van der Waals surface area contributed by atoms with E-state index in [-0.39, 0.29) is 0 Å². The quantitative estimate of drug-likeness (QED) is 0.156. The van der Waals surface area contributed by atoms with E-state index in [0.717, 1.165) is 61.2 Å². The molecule has 0 aliphatic rings. The van der Waals surface area contributed by atoms with Gasteiger partial charge in [0.2, 0.25) is 0 Å². The molecule has 0 saturated heterocycles. The number of furan rings is 1. The third-order valence-corrected chi connectivity index (χ3v) is 13.6. The van der Waals surface area contributed by atoms with Crippen molar-refractivity contribution in [1.29, 1.82) is 0 Å². The second-order valence-electron chi connectivity index (χ2n) is 17.4. The summed E-state index contributed by atoms with van der Waals surface area (Å²) in [7, 11) is 0. The van der Waals surface area contributed by atoms with Crippen LogP contribution in [0.5, 0.6) is 0 Å². The first-order chi connectivity index (χ1) is 33.2. The normalized spacial score (nSPS) is 11.9. The maximum atomic E-state index is 6.43. The van der Waals surface area contributed by atoms with E-state index < -0.39 is 0 Å². The maximum Gasteiger partial charge on any atom is 0.164 e. The van der Waals surface area contributed by atoms with Crippen LogP contribution in [-0.2, 0) is 0 Å². The molecule has 0 saturated carbocycles. The summed E-state index contributed by atoms with van der Waals surface area (Å²) in [5, 5.41) is 16.2. The van der Waals surface area contributed by atoms with Crippen molar-refractivity contribution in [3.8, 4) is 67.7 Å². The molecule has 4 heteroatoms. The van der Waals surface area contributed by atoms with Gasteiger partial charge < -0.3 is 4.42 Å². The fourth-order valence-electron chi connectivity index (χ4n) is 10.7. The largest absolute Gasteiger partial charge is 0.456 e. The first kappa shape index (κ1) is 37.4. The minimum absolute atomic E-state index is 0.570. The van der Waals surface area contributed by atoms with Gasteiger partial charge in [-0.1, -0.05) is 200 Å². The van der Waals surface area contributed by atoms with E-state index in [1.165, 1.54) is 64.6 Å². The number of hydrogen-bond acceptors (Lipinski definition) is 4. The molecule has 0 atom stereocenters. The highest BCUT2D eigenvalue weighted by Gasteiger charge is 2.22. The zero-order chi connectivity index (χ0) is 44.0. The Morgan fingerprint density at radius 2 is 0.701 bits per heavy atom. The van der Waals surface area contributed by atoms with Gasteiger partial charge in [-0.3, -0.25) is 0 Å². The van der Waals surface area contributed by atoms with Gasteiger partial charge >= 0.3 is 0 Å². The number of fused-ring (bicyclic) bond motifs is 3. The molecule has 2 aromatic heterocycles. The van der Waals surface area contributed by atoms with E-state index in [1.54, 1.807) is 0 Å². The Morgan fingerprint density at radius 1 is 0.254 bits per heavy atom. The molecule has 0 unspecified atom stereocenters. The first-order valence-corrected chi connectivity index (χ1v) is 22.8. The molecule has 2 heterocycles. The van der Waals surface area contributed by atoms with Crippen LogP contribution in [0.1, 0.15) is 0 Å². The van der Waals surface area contributed by atoms with Crippen LogP contribution in [0.4, 0.5) is 0 Å². The number of rotatable bonds is 6. The highest BCUT2D eigenvalue weighted by molar-refractivity contribution is 6.37. The molecule has 310 valence electrons. The van der Waals surface area contributed by atoms with Crippen molar-refractivity contribution in [2.45, 2.75) is 0 Å². The lowest BCUT2D eigenvalue weighted by Crippen LogP contribution is -2.02. The molecule has 0 bridgehead atoms. The monoisotopic (exact) mass is 851 g/mol. The number of benzene rings is 11. The Hall–Kier alpha value is -8.99. The highest BCUT2D eigenvalue weighted by atomic mass is 16.3. The minimum atomic E-state index is 0.570. The average Bonchev–Trinajstić information content (AvgIpc) is 3.84. The van der Waals surface area contributed by atoms with Gasteiger partial charge in [0.05, 0.1) is 0 Å². The Bertz CT molecular complexity index is 4240. The summed E-state index contributed by atoms with van der Waals surface area (Å²) >= 11 is 0. The second-order valence-corrected chi connectivity index (χ2v) is 17.4. The molecular weight excluding hydrogens is 815 g/mol. The van der Waals surface area contributed by atoms with Gasteiger partial charge in [0.25, 0.3) is 0 Å². The number of nitrogens with zero attached hydrogens (tertiary/aromatic N) is 3. The highest BCUT2D eigenvalue weighted by Crippen LogP contribution is 2.46. The summed E-state index contributed by atoms with van der Waals surface area (Å²) in [6, 6.07) is 80.1. The van der Waals surface area contributed by atoms with Crippen LogP contribution in [0.3, 0.4) is 0 Å². The van der Waals surface area contributed by atoms with Crippen LogP contribution in [0.15, 0.2) is 229 Å². The van der Waals surface area contributed by atoms with Crippen molar-refractivity contribution >= 4 is 75.6 Å². The zero-order valence-corrected chi connectivity index (χ0v) is 36.1. The van der Waals surface area contributed by atoms with Crippen LogP contribution >= 0.6 is 0 Å². The SMILES string of the molecule is c1ccc(-c2nc(-c3ccccc3-c3cc4ccccc4o3)nc(-c3ccccc3-c3ccccc3-c3cc4ccc5cccc6c7cccc8ccc9cccc(c(c3)c4c56)c9c87)n2)cc1. The van der Waals surface area contributed by atoms with Crippen molar-refractivity contribution in [3.63, 3.8) is 0 Å². The molecule has 14 rings (SSSR count). The van der Waals surface area contributed by atoms with Gasteiger partial charge in [-0.05, 0) is 111 Å². The Morgan fingerprint density at radius 3 is 1.33 bits per heavy atom. The lowest BCUT2D eigenvalue weighted by Gasteiger charge is -2.18. The van der Waals surface area contributed by atoms with Gasteiger partial charge in [-0.25, -0.2) is 15.0 Å². The topological polar surface area (TPSA) is 51.8 Å². The summed E-state index contributed by atoms with van der Waals surface area (Å²) < 4.78 is 6.43.